The van der Waals surface area contributed by atoms with E-state index in [2.05, 4.69) is 10.5 Å². The average molecular weight is 265 g/mol. The lowest BCUT2D eigenvalue weighted by atomic mass is 10.2. The number of nitro groups is 1. The van der Waals surface area contributed by atoms with Gasteiger partial charge < -0.3 is 5.11 Å². The van der Waals surface area contributed by atoms with Gasteiger partial charge in [-0.25, -0.2) is 5.43 Å². The molecule has 0 fully saturated rings. The number of hydrazone groups is 1. The van der Waals surface area contributed by atoms with Crippen molar-refractivity contribution in [3.05, 3.63) is 39.9 Å². The van der Waals surface area contributed by atoms with Gasteiger partial charge >= 0.3 is 0 Å². The highest BCUT2D eigenvalue weighted by Crippen LogP contribution is 2.11. The van der Waals surface area contributed by atoms with Crippen molar-refractivity contribution in [3.63, 3.8) is 0 Å². The van der Waals surface area contributed by atoms with Crippen molar-refractivity contribution in [1.82, 2.24) is 5.43 Å². The molecule has 7 heteroatoms. The Hall–Kier alpha value is -2.28. The quantitative estimate of drug-likeness (QED) is 0.458. The fourth-order valence-corrected chi connectivity index (χ4v) is 1.29. The highest BCUT2D eigenvalue weighted by atomic mass is 16.6. The molecule has 0 radical (unpaired) electrons. The summed E-state index contributed by atoms with van der Waals surface area (Å²) in [6.45, 7) is 1.60. The van der Waals surface area contributed by atoms with Crippen LogP contribution in [0.4, 0.5) is 5.69 Å². The molecule has 0 saturated heterocycles. The van der Waals surface area contributed by atoms with E-state index < -0.39 is 11.0 Å². The maximum absolute atomic E-state index is 11.3. The summed E-state index contributed by atoms with van der Waals surface area (Å²) in [4.78, 5) is 21.3. The van der Waals surface area contributed by atoms with Crippen molar-refractivity contribution in [1.29, 1.82) is 0 Å². The van der Waals surface area contributed by atoms with E-state index in [4.69, 9.17) is 5.11 Å². The highest BCUT2D eigenvalue weighted by molar-refractivity contribution is 5.83. The van der Waals surface area contributed by atoms with Crippen molar-refractivity contribution in [2.24, 2.45) is 5.10 Å². The topological polar surface area (TPSA) is 105 Å². The molecule has 0 aliphatic carbocycles. The van der Waals surface area contributed by atoms with Crippen LogP contribution in [0.5, 0.6) is 0 Å². The zero-order valence-corrected chi connectivity index (χ0v) is 10.4. The van der Waals surface area contributed by atoms with Crippen molar-refractivity contribution >= 4 is 17.8 Å². The molecule has 0 aromatic heterocycles. The van der Waals surface area contributed by atoms with Crippen LogP contribution < -0.4 is 5.43 Å². The SMILES string of the molecule is C[C@@H](O)CCC(=O)N/N=C\c1cccc([N+](=O)[O-])c1. The van der Waals surface area contributed by atoms with Crippen LogP contribution in [0.25, 0.3) is 0 Å². The number of aliphatic hydroxyl groups excluding tert-OH is 1. The molecule has 7 nitrogen and oxygen atoms in total. The lowest BCUT2D eigenvalue weighted by Crippen LogP contribution is -2.18. The lowest BCUT2D eigenvalue weighted by molar-refractivity contribution is -0.384. The van der Waals surface area contributed by atoms with Crippen molar-refractivity contribution in [2.45, 2.75) is 25.9 Å². The predicted octanol–water partition coefficient (Wildman–Crippen LogP) is 1.21. The number of nitro benzene ring substituents is 1. The smallest absolute Gasteiger partial charge is 0.270 e. The standard InChI is InChI=1S/C12H15N3O4/c1-9(16)5-6-12(17)14-13-8-10-3-2-4-11(7-10)15(18)19/h2-4,7-9,16H,5-6H2,1H3,(H,14,17)/b13-8-/t9-/m1/s1. The first kappa shape index (κ1) is 14.8. The number of nitrogens with zero attached hydrogens (tertiary/aromatic N) is 2. The maximum Gasteiger partial charge on any atom is 0.270 e. The molecule has 1 aromatic rings. The second-order valence-electron chi connectivity index (χ2n) is 4.03. The van der Waals surface area contributed by atoms with E-state index in [-0.39, 0.29) is 18.0 Å². The third-order valence-electron chi connectivity index (χ3n) is 2.27. The molecule has 0 spiro atoms. The summed E-state index contributed by atoms with van der Waals surface area (Å²) in [7, 11) is 0. The number of aliphatic hydroxyl groups is 1. The molecule has 0 unspecified atom stereocenters. The summed E-state index contributed by atoms with van der Waals surface area (Å²) in [6, 6.07) is 5.90. The van der Waals surface area contributed by atoms with Gasteiger partial charge in [-0.15, -0.1) is 0 Å². The number of hydrogen-bond donors (Lipinski definition) is 2. The second kappa shape index (κ2) is 7.22. The predicted molar refractivity (Wildman–Crippen MR) is 69.7 cm³/mol. The Kier molecular flexibility index (Phi) is 5.62. The van der Waals surface area contributed by atoms with Gasteiger partial charge in [-0.3, -0.25) is 14.9 Å². The fraction of sp³-hybridized carbons (Fsp3) is 0.333. The normalized spacial score (nSPS) is 12.3. The summed E-state index contributed by atoms with van der Waals surface area (Å²) in [5.41, 5.74) is 2.77. The average Bonchev–Trinajstić information content (AvgIpc) is 2.36. The molecule has 1 aromatic carbocycles. The number of amides is 1. The largest absolute Gasteiger partial charge is 0.393 e. The molecule has 0 aliphatic heterocycles. The number of carbonyl (C=O) groups is 1. The summed E-state index contributed by atoms with van der Waals surface area (Å²) in [5, 5.41) is 23.2. The minimum Gasteiger partial charge on any atom is -0.393 e. The molecule has 0 bridgehead atoms. The zero-order chi connectivity index (χ0) is 14.3. The van der Waals surface area contributed by atoms with Gasteiger partial charge in [-0.2, -0.15) is 5.10 Å². The Morgan fingerprint density at radius 2 is 2.37 bits per heavy atom. The van der Waals surface area contributed by atoms with E-state index in [9.17, 15) is 14.9 Å². The molecule has 19 heavy (non-hydrogen) atoms. The van der Waals surface area contributed by atoms with Gasteiger partial charge in [0.15, 0.2) is 0 Å². The van der Waals surface area contributed by atoms with Gasteiger partial charge in [0, 0.05) is 24.1 Å². The van der Waals surface area contributed by atoms with Gasteiger partial charge in [0.1, 0.15) is 0 Å². The number of non-ortho nitro benzene ring substituents is 1. The number of rotatable bonds is 6. The molecule has 1 atom stereocenters. The Morgan fingerprint density at radius 3 is 3.00 bits per heavy atom. The van der Waals surface area contributed by atoms with Crippen molar-refractivity contribution in [3.8, 4) is 0 Å². The molecule has 0 heterocycles. The van der Waals surface area contributed by atoms with Crippen LogP contribution in [-0.4, -0.2) is 28.3 Å². The molecule has 1 rings (SSSR count). The Morgan fingerprint density at radius 1 is 1.63 bits per heavy atom. The lowest BCUT2D eigenvalue weighted by Gasteiger charge is -2.02. The third-order valence-corrected chi connectivity index (χ3v) is 2.27. The molecular formula is C12H15N3O4. The van der Waals surface area contributed by atoms with Crippen LogP contribution in [0.2, 0.25) is 0 Å². The van der Waals surface area contributed by atoms with E-state index in [0.29, 0.717) is 12.0 Å². The van der Waals surface area contributed by atoms with Gasteiger partial charge in [0.2, 0.25) is 5.91 Å². The summed E-state index contributed by atoms with van der Waals surface area (Å²) < 4.78 is 0. The van der Waals surface area contributed by atoms with E-state index in [0.717, 1.165) is 0 Å². The number of carbonyl (C=O) groups excluding carboxylic acids is 1. The van der Waals surface area contributed by atoms with Crippen molar-refractivity contribution < 1.29 is 14.8 Å². The van der Waals surface area contributed by atoms with Crippen LogP contribution in [-0.2, 0) is 4.79 Å². The molecule has 2 N–H and O–H groups in total. The first-order valence-corrected chi connectivity index (χ1v) is 5.73. The minimum absolute atomic E-state index is 0.0376. The number of benzene rings is 1. The van der Waals surface area contributed by atoms with Crippen LogP contribution in [0.1, 0.15) is 25.3 Å². The van der Waals surface area contributed by atoms with Gasteiger partial charge in [0.25, 0.3) is 5.69 Å². The second-order valence-corrected chi connectivity index (χ2v) is 4.03. The van der Waals surface area contributed by atoms with Crippen LogP contribution in [0.3, 0.4) is 0 Å². The van der Waals surface area contributed by atoms with E-state index >= 15 is 0 Å². The summed E-state index contributed by atoms with van der Waals surface area (Å²) >= 11 is 0. The van der Waals surface area contributed by atoms with E-state index in [1.165, 1.54) is 24.4 Å². The van der Waals surface area contributed by atoms with Gasteiger partial charge in [0.05, 0.1) is 17.2 Å². The molecular weight excluding hydrogens is 250 g/mol. The Bertz CT molecular complexity index is 486. The summed E-state index contributed by atoms with van der Waals surface area (Å²) in [5.74, 6) is -0.317. The Balaban J connectivity index is 2.50. The molecule has 0 aliphatic rings. The highest BCUT2D eigenvalue weighted by Gasteiger charge is 2.04. The maximum atomic E-state index is 11.3. The molecule has 102 valence electrons. The first-order valence-electron chi connectivity index (χ1n) is 5.73. The third kappa shape index (κ3) is 5.73. The summed E-state index contributed by atoms with van der Waals surface area (Å²) in [6.07, 6.45) is 1.32. The number of hydrogen-bond acceptors (Lipinski definition) is 5. The van der Waals surface area contributed by atoms with Gasteiger partial charge in [-0.1, -0.05) is 12.1 Å². The van der Waals surface area contributed by atoms with Crippen LogP contribution >= 0.6 is 0 Å². The van der Waals surface area contributed by atoms with Crippen LogP contribution in [0, 0.1) is 10.1 Å². The zero-order valence-electron chi connectivity index (χ0n) is 10.4. The fourth-order valence-electron chi connectivity index (χ4n) is 1.29. The van der Waals surface area contributed by atoms with Crippen molar-refractivity contribution in [2.75, 3.05) is 0 Å². The molecule has 0 saturated carbocycles. The van der Waals surface area contributed by atoms with E-state index in [1.807, 2.05) is 0 Å². The molecule has 1 amide bonds. The van der Waals surface area contributed by atoms with Crippen LogP contribution in [0.15, 0.2) is 29.4 Å². The first-order chi connectivity index (χ1) is 8.99. The number of nitrogens with one attached hydrogen (secondary N) is 1. The minimum atomic E-state index is -0.536. The Labute approximate surface area is 110 Å². The van der Waals surface area contributed by atoms with Gasteiger partial charge in [-0.05, 0) is 13.3 Å². The monoisotopic (exact) mass is 265 g/mol. The van der Waals surface area contributed by atoms with E-state index in [1.54, 1.807) is 13.0 Å².